The van der Waals surface area contributed by atoms with E-state index in [0.717, 1.165) is 17.2 Å². The minimum atomic E-state index is 0.111. The zero-order chi connectivity index (χ0) is 15.9. The van der Waals surface area contributed by atoms with Crippen molar-refractivity contribution in [2.75, 3.05) is 33.1 Å². The third-order valence-electron chi connectivity index (χ3n) is 3.28. The maximum atomic E-state index is 5.48. The second-order valence-corrected chi connectivity index (χ2v) is 5.47. The van der Waals surface area contributed by atoms with Crippen LogP contribution in [-0.4, -0.2) is 37.8 Å². The van der Waals surface area contributed by atoms with Crippen LogP contribution in [0.15, 0.2) is 47.1 Å². The Morgan fingerprint density at radius 3 is 2.77 bits per heavy atom. The fourth-order valence-electron chi connectivity index (χ4n) is 2.08. The quantitative estimate of drug-likeness (QED) is 0.799. The Bertz CT molecular complexity index is 599. The fraction of sp³-hybridized carbons (Fsp3) is 0.312. The summed E-state index contributed by atoms with van der Waals surface area (Å²) in [5, 5.41) is 6.93. The summed E-state index contributed by atoms with van der Waals surface area (Å²) in [6.07, 6.45) is 1.68. The Hall–Kier alpha value is -2.05. The van der Waals surface area contributed by atoms with E-state index in [0.29, 0.717) is 11.7 Å². The largest absolute Gasteiger partial charge is 0.497 e. The van der Waals surface area contributed by atoms with Gasteiger partial charge in [-0.2, -0.15) is 0 Å². The number of nitrogens with zero attached hydrogens (tertiary/aromatic N) is 1. The molecule has 2 aromatic rings. The van der Waals surface area contributed by atoms with E-state index in [1.54, 1.807) is 13.4 Å². The molecule has 2 N–H and O–H groups in total. The lowest BCUT2D eigenvalue weighted by Gasteiger charge is -2.23. The normalized spacial score (nSPS) is 12.0. The molecule has 2 rings (SSSR count). The van der Waals surface area contributed by atoms with Crippen molar-refractivity contribution in [3.05, 3.63) is 48.4 Å². The summed E-state index contributed by atoms with van der Waals surface area (Å²) >= 11 is 5.34. The molecule has 0 aliphatic carbocycles. The molecule has 1 heterocycles. The van der Waals surface area contributed by atoms with Crippen LogP contribution >= 0.6 is 12.2 Å². The van der Waals surface area contributed by atoms with Gasteiger partial charge in [0.2, 0.25) is 0 Å². The monoisotopic (exact) mass is 319 g/mol. The highest BCUT2D eigenvalue weighted by Gasteiger charge is 2.16. The summed E-state index contributed by atoms with van der Waals surface area (Å²) in [4.78, 5) is 2.08. The van der Waals surface area contributed by atoms with Gasteiger partial charge >= 0.3 is 0 Å². The average Bonchev–Trinajstić information content (AvgIpc) is 3.01. The average molecular weight is 319 g/mol. The highest BCUT2D eigenvalue weighted by molar-refractivity contribution is 7.80. The number of anilines is 1. The maximum Gasteiger partial charge on any atom is 0.170 e. The zero-order valence-corrected chi connectivity index (χ0v) is 13.8. The first kappa shape index (κ1) is 16.3. The van der Waals surface area contributed by atoms with Crippen molar-refractivity contribution in [1.82, 2.24) is 10.2 Å². The van der Waals surface area contributed by atoms with Gasteiger partial charge in [0.25, 0.3) is 0 Å². The summed E-state index contributed by atoms with van der Waals surface area (Å²) < 4.78 is 10.7. The van der Waals surface area contributed by atoms with Gasteiger partial charge in [-0.3, -0.25) is 4.90 Å². The summed E-state index contributed by atoms with van der Waals surface area (Å²) in [7, 11) is 5.65. The van der Waals surface area contributed by atoms with E-state index in [2.05, 4.69) is 15.5 Å². The molecule has 0 fully saturated rings. The number of benzene rings is 1. The van der Waals surface area contributed by atoms with Gasteiger partial charge in [0.1, 0.15) is 11.5 Å². The van der Waals surface area contributed by atoms with E-state index in [1.165, 1.54) is 0 Å². The van der Waals surface area contributed by atoms with E-state index in [9.17, 15) is 0 Å². The summed E-state index contributed by atoms with van der Waals surface area (Å²) in [6.45, 7) is 0.649. The third kappa shape index (κ3) is 4.47. The molecule has 1 aromatic carbocycles. The molecule has 0 bridgehead atoms. The van der Waals surface area contributed by atoms with Crippen molar-refractivity contribution in [2.45, 2.75) is 6.04 Å². The predicted octanol–water partition coefficient (Wildman–Crippen LogP) is 2.88. The van der Waals surface area contributed by atoms with Crippen LogP contribution < -0.4 is 15.4 Å². The van der Waals surface area contributed by atoms with Gasteiger partial charge in [0, 0.05) is 18.3 Å². The first-order valence-electron chi connectivity index (χ1n) is 6.99. The van der Waals surface area contributed by atoms with Crippen LogP contribution in [0.2, 0.25) is 0 Å². The third-order valence-corrected chi connectivity index (χ3v) is 3.52. The highest BCUT2D eigenvalue weighted by atomic mass is 32.1. The summed E-state index contributed by atoms with van der Waals surface area (Å²) in [6, 6.07) is 11.6. The molecule has 1 atom stereocenters. The van der Waals surface area contributed by atoms with Crippen LogP contribution in [0.5, 0.6) is 5.75 Å². The van der Waals surface area contributed by atoms with E-state index in [1.807, 2.05) is 50.5 Å². The van der Waals surface area contributed by atoms with Gasteiger partial charge in [-0.05, 0) is 50.6 Å². The summed E-state index contributed by atoms with van der Waals surface area (Å²) in [5.41, 5.74) is 0.885. The number of furan rings is 1. The Labute approximate surface area is 136 Å². The van der Waals surface area contributed by atoms with Crippen molar-refractivity contribution >= 4 is 23.0 Å². The minimum Gasteiger partial charge on any atom is -0.497 e. The smallest absolute Gasteiger partial charge is 0.170 e. The number of ether oxygens (including phenoxy) is 1. The molecular formula is C16H21N3O2S. The lowest BCUT2D eigenvalue weighted by atomic mass is 10.2. The number of hydrogen-bond acceptors (Lipinski definition) is 4. The van der Waals surface area contributed by atoms with Crippen LogP contribution in [0, 0.1) is 0 Å². The molecule has 0 spiro atoms. The summed E-state index contributed by atoms with van der Waals surface area (Å²) in [5.74, 6) is 1.69. The number of thiocarbonyl (C=S) groups is 1. The van der Waals surface area contributed by atoms with Crippen molar-refractivity contribution < 1.29 is 9.15 Å². The standard InChI is InChI=1S/C16H21N3O2S/c1-19(2)14(15-8-5-9-21-15)11-17-16(22)18-12-6-4-7-13(10-12)20-3/h4-10,14H,11H2,1-3H3,(H2,17,18,22)/t14-/m1/s1. The topological polar surface area (TPSA) is 49.7 Å². The second kappa shape index (κ2) is 7.82. The Morgan fingerprint density at radius 1 is 1.32 bits per heavy atom. The van der Waals surface area contributed by atoms with E-state index in [4.69, 9.17) is 21.4 Å². The molecular weight excluding hydrogens is 298 g/mol. The number of methoxy groups -OCH3 is 1. The molecule has 22 heavy (non-hydrogen) atoms. The van der Waals surface area contributed by atoms with Gasteiger partial charge < -0.3 is 19.8 Å². The number of likely N-dealkylation sites (N-methyl/N-ethyl adjacent to an activating group) is 1. The van der Waals surface area contributed by atoms with Crippen molar-refractivity contribution in [1.29, 1.82) is 0 Å². The van der Waals surface area contributed by atoms with Crippen LogP contribution in [0.3, 0.4) is 0 Å². The van der Waals surface area contributed by atoms with E-state index >= 15 is 0 Å². The maximum absolute atomic E-state index is 5.48. The van der Waals surface area contributed by atoms with Crippen molar-refractivity contribution in [3.63, 3.8) is 0 Å². The molecule has 1 aromatic heterocycles. The molecule has 6 heteroatoms. The molecule has 0 aliphatic heterocycles. The predicted molar refractivity (Wildman–Crippen MR) is 92.4 cm³/mol. The van der Waals surface area contributed by atoms with Crippen LogP contribution in [0.1, 0.15) is 11.8 Å². The number of rotatable bonds is 6. The van der Waals surface area contributed by atoms with Crippen LogP contribution in [0.4, 0.5) is 5.69 Å². The lowest BCUT2D eigenvalue weighted by molar-refractivity contribution is 0.259. The molecule has 0 saturated carbocycles. The number of hydrogen-bond donors (Lipinski definition) is 2. The van der Waals surface area contributed by atoms with Crippen LogP contribution in [0.25, 0.3) is 0 Å². The second-order valence-electron chi connectivity index (χ2n) is 5.06. The van der Waals surface area contributed by atoms with Gasteiger partial charge in [-0.15, -0.1) is 0 Å². The van der Waals surface area contributed by atoms with E-state index < -0.39 is 0 Å². The molecule has 0 unspecified atom stereocenters. The number of nitrogens with one attached hydrogen (secondary N) is 2. The Balaban J connectivity index is 1.91. The first-order valence-corrected chi connectivity index (χ1v) is 7.39. The zero-order valence-electron chi connectivity index (χ0n) is 13.0. The molecule has 0 saturated heterocycles. The molecule has 118 valence electrons. The van der Waals surface area contributed by atoms with Gasteiger partial charge in [-0.25, -0.2) is 0 Å². The molecule has 0 aliphatic rings. The Morgan fingerprint density at radius 2 is 2.14 bits per heavy atom. The van der Waals surface area contributed by atoms with Gasteiger partial charge in [0.15, 0.2) is 5.11 Å². The van der Waals surface area contributed by atoms with E-state index in [-0.39, 0.29) is 6.04 Å². The SMILES string of the molecule is COc1cccc(NC(=S)NC[C@H](c2ccco2)N(C)C)c1. The first-order chi connectivity index (χ1) is 10.6. The molecule has 0 radical (unpaired) electrons. The van der Waals surface area contributed by atoms with Gasteiger partial charge in [0.05, 0.1) is 19.4 Å². The van der Waals surface area contributed by atoms with Crippen molar-refractivity contribution in [3.8, 4) is 5.75 Å². The van der Waals surface area contributed by atoms with Crippen LogP contribution in [-0.2, 0) is 0 Å². The minimum absolute atomic E-state index is 0.111. The van der Waals surface area contributed by atoms with Crippen molar-refractivity contribution in [2.24, 2.45) is 0 Å². The van der Waals surface area contributed by atoms with Gasteiger partial charge in [-0.1, -0.05) is 6.07 Å². The highest BCUT2D eigenvalue weighted by Crippen LogP contribution is 2.18. The molecule has 5 nitrogen and oxygen atoms in total. The molecule has 0 amide bonds. The fourth-order valence-corrected chi connectivity index (χ4v) is 2.29. The Kier molecular flexibility index (Phi) is 5.80. The lowest BCUT2D eigenvalue weighted by Crippen LogP contribution is -2.36.